The lowest BCUT2D eigenvalue weighted by atomic mass is 9.89. The second-order valence-corrected chi connectivity index (χ2v) is 9.58. The van der Waals surface area contributed by atoms with Crippen molar-refractivity contribution in [2.24, 2.45) is 5.92 Å². The Hall–Kier alpha value is -3.40. The second kappa shape index (κ2) is 12.7. The number of methoxy groups -OCH3 is 2. The Bertz CT molecular complexity index is 1190. The van der Waals surface area contributed by atoms with Crippen molar-refractivity contribution in [3.8, 4) is 12.0 Å². The van der Waals surface area contributed by atoms with Crippen LogP contribution in [0.2, 0.25) is 0 Å². The number of rotatable bonds is 12. The van der Waals surface area contributed by atoms with Gasteiger partial charge in [-0.2, -0.15) is 15.0 Å². The summed E-state index contributed by atoms with van der Waals surface area (Å²) in [5, 5.41) is 0. The number of aromatic nitrogens is 4. The Morgan fingerprint density at radius 1 is 1.11 bits per heavy atom. The number of hydrogen-bond acceptors (Lipinski definition) is 9. The molecular formula is C27H38N6O4. The largest absolute Gasteiger partial charge is 0.469 e. The van der Waals surface area contributed by atoms with Crippen molar-refractivity contribution in [3.63, 3.8) is 0 Å². The highest BCUT2D eigenvalue weighted by atomic mass is 16.5. The molecule has 0 aliphatic carbocycles. The van der Waals surface area contributed by atoms with Gasteiger partial charge in [0.15, 0.2) is 17.0 Å². The number of imidazole rings is 1. The van der Waals surface area contributed by atoms with Crippen molar-refractivity contribution in [2.75, 3.05) is 46.2 Å². The molecule has 10 nitrogen and oxygen atoms in total. The van der Waals surface area contributed by atoms with Gasteiger partial charge in [-0.25, -0.2) is 0 Å². The van der Waals surface area contributed by atoms with Crippen LogP contribution in [0, 0.1) is 5.92 Å². The molecule has 0 saturated carbocycles. The number of hydrogen-bond donors (Lipinski definition) is 1. The van der Waals surface area contributed by atoms with Crippen LogP contribution in [-0.2, 0) is 28.9 Å². The molecule has 2 aromatic heterocycles. The van der Waals surface area contributed by atoms with E-state index in [2.05, 4.69) is 38.9 Å². The van der Waals surface area contributed by atoms with Gasteiger partial charge in [0.25, 0.3) is 6.01 Å². The summed E-state index contributed by atoms with van der Waals surface area (Å²) in [6, 6.07) is 9.05. The van der Waals surface area contributed by atoms with E-state index in [0.29, 0.717) is 48.5 Å². The molecule has 1 fully saturated rings. The Morgan fingerprint density at radius 3 is 2.62 bits per heavy atom. The number of anilines is 1. The average molecular weight is 511 g/mol. The molecule has 37 heavy (non-hydrogen) atoms. The Balaban J connectivity index is 1.34. The summed E-state index contributed by atoms with van der Waals surface area (Å²) in [5.41, 5.74) is 9.62. The van der Waals surface area contributed by atoms with Gasteiger partial charge in [0.1, 0.15) is 0 Å². The van der Waals surface area contributed by atoms with Crippen LogP contribution in [0.4, 0.5) is 5.82 Å². The van der Waals surface area contributed by atoms with Crippen molar-refractivity contribution in [3.05, 3.63) is 35.4 Å². The molecule has 1 aliphatic rings. The van der Waals surface area contributed by atoms with Crippen LogP contribution < -0.4 is 15.2 Å². The van der Waals surface area contributed by atoms with E-state index in [1.807, 2.05) is 16.7 Å². The van der Waals surface area contributed by atoms with E-state index in [1.165, 1.54) is 12.7 Å². The number of benzene rings is 1. The number of nitrogen functional groups attached to an aromatic ring is 1. The van der Waals surface area contributed by atoms with E-state index in [1.54, 1.807) is 7.11 Å². The molecule has 0 atom stereocenters. The predicted molar refractivity (Wildman–Crippen MR) is 142 cm³/mol. The third-order valence-electron chi connectivity index (χ3n) is 6.92. The van der Waals surface area contributed by atoms with Gasteiger partial charge in [-0.1, -0.05) is 37.6 Å². The van der Waals surface area contributed by atoms with Gasteiger partial charge in [0, 0.05) is 13.1 Å². The average Bonchev–Trinajstić information content (AvgIpc) is 3.26. The van der Waals surface area contributed by atoms with E-state index < -0.39 is 0 Å². The zero-order chi connectivity index (χ0) is 26.2. The van der Waals surface area contributed by atoms with Crippen LogP contribution in [-0.4, -0.2) is 70.8 Å². The summed E-state index contributed by atoms with van der Waals surface area (Å²) in [5.74, 6) is 0.718. The quantitative estimate of drug-likeness (QED) is 0.289. The maximum Gasteiger partial charge on any atom is 0.320 e. The zero-order valence-corrected chi connectivity index (χ0v) is 22.1. The molecule has 4 rings (SSSR count). The molecule has 0 bridgehead atoms. The number of piperidine rings is 1. The summed E-state index contributed by atoms with van der Waals surface area (Å²) < 4.78 is 18.0. The molecule has 1 saturated heterocycles. The van der Waals surface area contributed by atoms with Crippen LogP contribution in [0.25, 0.3) is 11.2 Å². The minimum absolute atomic E-state index is 0.206. The first-order valence-corrected chi connectivity index (χ1v) is 13.1. The summed E-state index contributed by atoms with van der Waals surface area (Å²) in [6.07, 6.45) is 5.57. The highest BCUT2D eigenvalue weighted by Crippen LogP contribution is 2.26. The molecular weight excluding hydrogens is 472 g/mol. The third kappa shape index (κ3) is 6.88. The van der Waals surface area contributed by atoms with Crippen LogP contribution >= 0.6 is 0 Å². The van der Waals surface area contributed by atoms with Crippen LogP contribution in [0.1, 0.15) is 43.7 Å². The number of fused-ring (bicyclic) bond motifs is 1. The van der Waals surface area contributed by atoms with E-state index in [0.717, 1.165) is 57.3 Å². The van der Waals surface area contributed by atoms with E-state index >= 15 is 0 Å². The first-order valence-electron chi connectivity index (χ1n) is 13.1. The molecule has 3 aromatic rings. The van der Waals surface area contributed by atoms with Crippen LogP contribution in [0.15, 0.2) is 24.3 Å². The van der Waals surface area contributed by atoms with Gasteiger partial charge in [-0.05, 0) is 55.8 Å². The molecule has 1 aliphatic heterocycles. The van der Waals surface area contributed by atoms with Crippen LogP contribution in [0.5, 0.6) is 12.0 Å². The number of nitrogens with two attached hydrogens (primary N) is 1. The number of carbonyl (C=O) groups is 1. The summed E-state index contributed by atoms with van der Waals surface area (Å²) >= 11 is 0. The van der Waals surface area contributed by atoms with E-state index in [9.17, 15) is 4.79 Å². The number of esters is 1. The monoisotopic (exact) mass is 510 g/mol. The minimum Gasteiger partial charge on any atom is -0.469 e. The fourth-order valence-corrected chi connectivity index (χ4v) is 4.81. The van der Waals surface area contributed by atoms with Gasteiger partial charge in [0.2, 0.25) is 0 Å². The van der Waals surface area contributed by atoms with Crippen molar-refractivity contribution >= 4 is 23.0 Å². The first kappa shape index (κ1) is 26.7. The van der Waals surface area contributed by atoms with Crippen molar-refractivity contribution in [2.45, 2.75) is 52.0 Å². The lowest BCUT2D eigenvalue weighted by Gasteiger charge is -2.32. The number of nitrogens with zero attached hydrogens (tertiary/aromatic N) is 5. The number of carbonyl (C=O) groups excluding carboxylic acids is 1. The fourth-order valence-electron chi connectivity index (χ4n) is 4.81. The normalized spacial score (nSPS) is 14.7. The number of ether oxygens (including phenoxy) is 3. The molecule has 3 heterocycles. The summed E-state index contributed by atoms with van der Waals surface area (Å²) in [7, 11) is 3.03. The third-order valence-corrected chi connectivity index (χ3v) is 6.92. The predicted octanol–water partition coefficient (Wildman–Crippen LogP) is 3.27. The van der Waals surface area contributed by atoms with Gasteiger partial charge in [-0.15, -0.1) is 0 Å². The Labute approximate surface area is 218 Å². The second-order valence-electron chi connectivity index (χ2n) is 9.58. The van der Waals surface area contributed by atoms with Crippen molar-refractivity contribution in [1.29, 1.82) is 0 Å². The first-order chi connectivity index (χ1) is 18.0. The van der Waals surface area contributed by atoms with Gasteiger partial charge >= 0.3 is 12.0 Å². The SMILES string of the molecule is CCCCOc1nc(N)c2nc(OC)n(CCN3CCC(Cc4cccc(CC(=O)OC)c4)CC3)c2n1. The molecule has 0 amide bonds. The minimum atomic E-state index is -0.206. The van der Waals surface area contributed by atoms with Crippen molar-refractivity contribution in [1.82, 2.24) is 24.4 Å². The van der Waals surface area contributed by atoms with Gasteiger partial charge < -0.3 is 24.8 Å². The van der Waals surface area contributed by atoms with Crippen LogP contribution in [0.3, 0.4) is 0 Å². The topological polar surface area (TPSA) is 118 Å². The number of unbranched alkanes of at least 4 members (excludes halogenated alkanes) is 1. The standard InChI is InChI=1S/C27H38N6O4/c1-4-5-15-37-26-30-24(28)23-25(31-26)33(27(29-23)36-3)14-13-32-11-9-19(10-12-32)16-20-7-6-8-21(17-20)18-22(34)35-2/h6-8,17,19H,4-5,9-16,18H2,1-3H3,(H2,28,30,31). The lowest BCUT2D eigenvalue weighted by molar-refractivity contribution is -0.139. The molecule has 1 aromatic carbocycles. The van der Waals surface area contributed by atoms with Crippen molar-refractivity contribution < 1.29 is 19.0 Å². The fraction of sp³-hybridized carbons (Fsp3) is 0.556. The Morgan fingerprint density at radius 2 is 1.89 bits per heavy atom. The van der Waals surface area contributed by atoms with E-state index in [4.69, 9.17) is 19.9 Å². The van der Waals surface area contributed by atoms with Gasteiger partial charge in [0.05, 0.1) is 27.2 Å². The highest BCUT2D eigenvalue weighted by Gasteiger charge is 2.22. The lowest BCUT2D eigenvalue weighted by Crippen LogP contribution is -2.36. The molecule has 10 heteroatoms. The number of likely N-dealkylation sites (tertiary alicyclic amines) is 1. The summed E-state index contributed by atoms with van der Waals surface area (Å²) in [4.78, 5) is 27.4. The van der Waals surface area contributed by atoms with Gasteiger partial charge in [-0.3, -0.25) is 9.36 Å². The Kier molecular flexibility index (Phi) is 9.16. The molecule has 200 valence electrons. The zero-order valence-electron chi connectivity index (χ0n) is 22.1. The molecule has 0 spiro atoms. The molecule has 0 unspecified atom stereocenters. The van der Waals surface area contributed by atoms with E-state index in [-0.39, 0.29) is 12.0 Å². The smallest absolute Gasteiger partial charge is 0.320 e. The molecule has 2 N–H and O–H groups in total. The molecule has 0 radical (unpaired) electrons. The maximum absolute atomic E-state index is 11.6. The highest BCUT2D eigenvalue weighted by molar-refractivity contribution is 5.83. The summed E-state index contributed by atoms with van der Waals surface area (Å²) in [6.45, 7) is 6.27. The maximum atomic E-state index is 11.6.